The Morgan fingerprint density at radius 3 is 1.59 bits per heavy atom. The van der Waals surface area contributed by atoms with Gasteiger partial charge < -0.3 is 32.2 Å². The maximum Gasteiger partial charge on any atom is 0.566 e. The van der Waals surface area contributed by atoms with Crippen LogP contribution in [0.1, 0.15) is 67.7 Å². The number of ether oxygens (including phenoxy) is 4. The van der Waals surface area contributed by atoms with Crippen LogP contribution in [0.5, 0.6) is 0 Å². The highest BCUT2D eigenvalue weighted by Gasteiger charge is 2.68. The van der Waals surface area contributed by atoms with Crippen molar-refractivity contribution in [2.45, 2.75) is 85.5 Å². The van der Waals surface area contributed by atoms with Gasteiger partial charge in [0.15, 0.2) is 6.29 Å². The first-order valence-corrected chi connectivity index (χ1v) is 12.0. The van der Waals surface area contributed by atoms with Crippen molar-refractivity contribution in [2.24, 2.45) is 0 Å². The lowest BCUT2D eigenvalue weighted by Gasteiger charge is -2.47. The first-order valence-electron chi connectivity index (χ1n) is 10.3. The van der Waals surface area contributed by atoms with Crippen LogP contribution >= 0.6 is 0 Å². The number of rotatable bonds is 18. The van der Waals surface area contributed by atoms with Gasteiger partial charge in [-0.2, -0.15) is 0 Å². The third-order valence-corrected chi connectivity index (χ3v) is 7.17. The van der Waals surface area contributed by atoms with Crippen LogP contribution in [0.4, 0.5) is 0 Å². The second-order valence-electron chi connectivity index (χ2n) is 6.22. The fraction of sp³-hybridized carbons (Fsp3) is 1.00. The van der Waals surface area contributed by atoms with Gasteiger partial charge in [-0.3, -0.25) is 0 Å². The Morgan fingerprint density at radius 1 is 0.778 bits per heavy atom. The molecular formula is C19H42O7Si. The molecule has 0 aromatic heterocycles. The average Bonchev–Trinajstić information content (AvgIpc) is 2.67. The van der Waals surface area contributed by atoms with Crippen LogP contribution < -0.4 is 0 Å². The first-order chi connectivity index (χ1) is 12.9. The third-order valence-electron chi connectivity index (χ3n) is 3.90. The van der Waals surface area contributed by atoms with Crippen LogP contribution in [0, 0.1) is 0 Å². The average molecular weight is 411 g/mol. The summed E-state index contributed by atoms with van der Waals surface area (Å²) in [5.41, 5.74) is -1.33. The highest BCUT2D eigenvalue weighted by molar-refractivity contribution is 6.63. The van der Waals surface area contributed by atoms with Crippen molar-refractivity contribution in [2.75, 3.05) is 40.1 Å². The molecule has 7 nitrogen and oxygen atoms in total. The minimum absolute atomic E-state index is 0.392. The van der Waals surface area contributed by atoms with Crippen molar-refractivity contribution in [3.8, 4) is 0 Å². The van der Waals surface area contributed by atoms with E-state index < -0.39 is 26.6 Å². The molecule has 0 rings (SSSR count). The van der Waals surface area contributed by atoms with Crippen molar-refractivity contribution in [3.63, 3.8) is 0 Å². The Morgan fingerprint density at radius 2 is 1.26 bits per heavy atom. The third kappa shape index (κ3) is 7.70. The van der Waals surface area contributed by atoms with E-state index >= 15 is 0 Å². The lowest BCUT2D eigenvalue weighted by Crippen LogP contribution is -2.73. The molecule has 0 aliphatic heterocycles. The molecule has 0 bridgehead atoms. The topological polar surface area (TPSA) is 64.6 Å². The molecule has 0 aromatic rings. The molecule has 0 radical (unpaired) electrons. The van der Waals surface area contributed by atoms with Gasteiger partial charge in [-0.1, -0.05) is 20.8 Å². The molecule has 0 amide bonds. The maximum absolute atomic E-state index is 6.32. The van der Waals surface area contributed by atoms with Gasteiger partial charge in [0, 0.05) is 40.1 Å². The zero-order valence-corrected chi connectivity index (χ0v) is 19.7. The predicted molar refractivity (Wildman–Crippen MR) is 107 cm³/mol. The van der Waals surface area contributed by atoms with Crippen LogP contribution in [0.2, 0.25) is 0 Å². The van der Waals surface area contributed by atoms with Gasteiger partial charge in [-0.15, -0.1) is 0 Å². The summed E-state index contributed by atoms with van der Waals surface area (Å²) in [6.07, 6.45) is 1.45. The summed E-state index contributed by atoms with van der Waals surface area (Å²) >= 11 is 0. The van der Waals surface area contributed by atoms with Crippen molar-refractivity contribution in [1.82, 2.24) is 0 Å². The number of hydrogen-bond acceptors (Lipinski definition) is 7. The van der Waals surface area contributed by atoms with E-state index in [2.05, 4.69) is 0 Å². The standard InChI is InChI=1S/C19H42O7Si/c1-9-14-23-27(24-15-10-2,25-16-11-3)19(22-13-5,17(6)21-12-4)26-18(7)20-8/h17-18H,9-16H2,1-8H3. The van der Waals surface area contributed by atoms with Crippen LogP contribution in [-0.4, -0.2) is 66.8 Å². The van der Waals surface area contributed by atoms with E-state index in [0.717, 1.165) is 19.3 Å². The van der Waals surface area contributed by atoms with Gasteiger partial charge in [0.1, 0.15) is 6.10 Å². The molecule has 3 unspecified atom stereocenters. The second kappa shape index (κ2) is 14.9. The van der Waals surface area contributed by atoms with E-state index in [1.165, 1.54) is 0 Å². The molecule has 3 atom stereocenters. The second-order valence-corrected chi connectivity index (χ2v) is 8.90. The van der Waals surface area contributed by atoms with Crippen LogP contribution in [0.25, 0.3) is 0 Å². The number of methoxy groups -OCH3 is 1. The Balaban J connectivity index is 6.32. The highest BCUT2D eigenvalue weighted by Crippen LogP contribution is 2.36. The normalized spacial score (nSPS) is 16.9. The van der Waals surface area contributed by atoms with Gasteiger partial charge in [-0.05, 0) is 47.0 Å². The van der Waals surface area contributed by atoms with Gasteiger partial charge >= 0.3 is 8.80 Å². The fourth-order valence-electron chi connectivity index (χ4n) is 2.66. The quantitative estimate of drug-likeness (QED) is 0.251. The monoisotopic (exact) mass is 410 g/mol. The van der Waals surface area contributed by atoms with Crippen LogP contribution in [-0.2, 0) is 32.2 Å². The van der Waals surface area contributed by atoms with E-state index in [4.69, 9.17) is 32.2 Å². The molecule has 164 valence electrons. The zero-order chi connectivity index (χ0) is 20.8. The lowest BCUT2D eigenvalue weighted by atomic mass is 10.3. The molecule has 0 heterocycles. The predicted octanol–water partition coefficient (Wildman–Crippen LogP) is 3.91. The molecule has 0 saturated carbocycles. The summed E-state index contributed by atoms with van der Waals surface area (Å²) in [4.78, 5) is 0. The molecule has 0 N–H and O–H groups in total. The molecular weight excluding hydrogens is 368 g/mol. The summed E-state index contributed by atoms with van der Waals surface area (Å²) in [6, 6.07) is 0. The van der Waals surface area contributed by atoms with Gasteiger partial charge in [0.25, 0.3) is 5.41 Å². The smallest absolute Gasteiger partial charge is 0.373 e. The Kier molecular flexibility index (Phi) is 14.8. The van der Waals surface area contributed by atoms with Crippen LogP contribution in [0.15, 0.2) is 0 Å². The molecule has 0 aliphatic carbocycles. The summed E-state index contributed by atoms with van der Waals surface area (Å²) in [6.45, 7) is 16.0. The highest BCUT2D eigenvalue weighted by atomic mass is 28.4. The van der Waals surface area contributed by atoms with E-state index in [1.54, 1.807) is 7.11 Å². The minimum atomic E-state index is -3.49. The lowest BCUT2D eigenvalue weighted by molar-refractivity contribution is -0.318. The van der Waals surface area contributed by atoms with Crippen molar-refractivity contribution < 1.29 is 32.2 Å². The van der Waals surface area contributed by atoms with Crippen LogP contribution in [0.3, 0.4) is 0 Å². The Hall–Kier alpha value is -0.0631. The van der Waals surface area contributed by atoms with Crippen molar-refractivity contribution in [1.29, 1.82) is 0 Å². The molecule has 0 spiro atoms. The van der Waals surface area contributed by atoms with E-state index in [-0.39, 0.29) is 0 Å². The largest absolute Gasteiger partial charge is 0.566 e. The van der Waals surface area contributed by atoms with E-state index in [0.29, 0.717) is 33.0 Å². The molecule has 8 heteroatoms. The van der Waals surface area contributed by atoms with Crippen molar-refractivity contribution >= 4 is 8.80 Å². The summed E-state index contributed by atoms with van der Waals surface area (Å²) < 4.78 is 42.8. The van der Waals surface area contributed by atoms with Gasteiger partial charge in [0.2, 0.25) is 0 Å². The summed E-state index contributed by atoms with van der Waals surface area (Å²) in [5.74, 6) is 0. The first kappa shape index (κ1) is 26.9. The fourth-order valence-corrected chi connectivity index (χ4v) is 6.15. The Bertz CT molecular complexity index is 337. The zero-order valence-electron chi connectivity index (χ0n) is 18.7. The molecule has 0 saturated heterocycles. The minimum Gasteiger partial charge on any atom is -0.373 e. The van der Waals surface area contributed by atoms with Crippen molar-refractivity contribution in [3.05, 3.63) is 0 Å². The summed E-state index contributed by atoms with van der Waals surface area (Å²) in [7, 11) is -1.90. The molecule has 0 aliphatic rings. The van der Waals surface area contributed by atoms with E-state index in [1.807, 2.05) is 48.5 Å². The maximum atomic E-state index is 6.32. The van der Waals surface area contributed by atoms with Gasteiger partial charge in [-0.25, -0.2) is 0 Å². The molecule has 0 aromatic carbocycles. The Labute approximate surface area is 167 Å². The van der Waals surface area contributed by atoms with E-state index in [9.17, 15) is 0 Å². The molecule has 0 fully saturated rings. The molecule has 27 heavy (non-hydrogen) atoms. The SMILES string of the molecule is CCCO[Si](OCCC)(OCCC)C(OCC)(OC(C)OC)C(C)OCC. The van der Waals surface area contributed by atoms with Gasteiger partial charge in [0.05, 0.1) is 0 Å². The number of hydrogen-bond donors (Lipinski definition) is 0. The summed E-state index contributed by atoms with van der Waals surface area (Å²) in [5, 5.41) is 0.